The number of nitrogens with zero attached hydrogens (tertiary/aromatic N) is 1. The summed E-state index contributed by atoms with van der Waals surface area (Å²) in [7, 11) is 0. The van der Waals surface area contributed by atoms with Gasteiger partial charge in [0, 0.05) is 17.8 Å². The molecule has 3 rings (SSSR count). The summed E-state index contributed by atoms with van der Waals surface area (Å²) < 4.78 is 5.36. The molecule has 3 heteroatoms. The number of nitrogens with two attached hydrogens (primary N) is 1. The second kappa shape index (κ2) is 4.03. The van der Waals surface area contributed by atoms with Gasteiger partial charge in [-0.15, -0.1) is 0 Å². The molecule has 2 aromatic heterocycles. The van der Waals surface area contributed by atoms with Crippen molar-refractivity contribution in [2.45, 2.75) is 6.04 Å². The summed E-state index contributed by atoms with van der Waals surface area (Å²) >= 11 is 0. The first kappa shape index (κ1) is 10.1. The molecule has 0 saturated carbocycles. The van der Waals surface area contributed by atoms with E-state index in [1.54, 1.807) is 12.5 Å². The number of benzene rings is 1. The highest BCUT2D eigenvalue weighted by atomic mass is 16.3. The van der Waals surface area contributed by atoms with E-state index in [2.05, 4.69) is 4.98 Å². The Morgan fingerprint density at radius 1 is 1.12 bits per heavy atom. The van der Waals surface area contributed by atoms with E-state index < -0.39 is 0 Å². The van der Waals surface area contributed by atoms with Crippen molar-refractivity contribution >= 4 is 10.8 Å². The Labute approximate surface area is 98.9 Å². The zero-order valence-electron chi connectivity index (χ0n) is 9.21. The van der Waals surface area contributed by atoms with Crippen LogP contribution in [-0.2, 0) is 0 Å². The van der Waals surface area contributed by atoms with E-state index >= 15 is 0 Å². The van der Waals surface area contributed by atoms with Crippen LogP contribution in [0.15, 0.2) is 59.5 Å². The summed E-state index contributed by atoms with van der Waals surface area (Å²) in [6.45, 7) is 0. The lowest BCUT2D eigenvalue weighted by molar-refractivity contribution is 0.490. The minimum Gasteiger partial charge on any atom is -0.467 e. The van der Waals surface area contributed by atoms with Crippen molar-refractivity contribution in [3.8, 4) is 0 Å². The lowest BCUT2D eigenvalue weighted by atomic mass is 9.99. The van der Waals surface area contributed by atoms with Crippen LogP contribution in [0.4, 0.5) is 0 Å². The number of rotatable bonds is 2. The largest absolute Gasteiger partial charge is 0.467 e. The third-order valence-electron chi connectivity index (χ3n) is 2.90. The molecule has 2 N–H and O–H groups in total. The van der Waals surface area contributed by atoms with Gasteiger partial charge < -0.3 is 10.2 Å². The fourth-order valence-electron chi connectivity index (χ4n) is 2.04. The van der Waals surface area contributed by atoms with E-state index in [1.165, 1.54) is 0 Å². The van der Waals surface area contributed by atoms with E-state index in [0.717, 1.165) is 22.1 Å². The van der Waals surface area contributed by atoms with E-state index in [9.17, 15) is 0 Å². The summed E-state index contributed by atoms with van der Waals surface area (Å²) in [5.74, 6) is 0.773. The summed E-state index contributed by atoms with van der Waals surface area (Å²) in [5, 5.41) is 2.21. The normalized spacial score (nSPS) is 12.8. The Morgan fingerprint density at radius 3 is 2.88 bits per heavy atom. The molecule has 0 aliphatic rings. The first-order valence-electron chi connectivity index (χ1n) is 5.48. The van der Waals surface area contributed by atoms with Gasteiger partial charge in [0.1, 0.15) is 5.76 Å². The molecule has 84 valence electrons. The maximum absolute atomic E-state index is 6.21. The molecule has 3 nitrogen and oxygen atoms in total. The molecule has 0 bridgehead atoms. The Kier molecular flexibility index (Phi) is 2.38. The molecule has 2 heterocycles. The molecular weight excluding hydrogens is 212 g/mol. The van der Waals surface area contributed by atoms with Crippen molar-refractivity contribution in [1.29, 1.82) is 0 Å². The van der Waals surface area contributed by atoms with Gasteiger partial charge in [0.05, 0.1) is 12.3 Å². The number of aromatic nitrogens is 1. The van der Waals surface area contributed by atoms with Gasteiger partial charge in [0.25, 0.3) is 0 Å². The Balaban J connectivity index is 2.17. The van der Waals surface area contributed by atoms with Gasteiger partial charge in [0.15, 0.2) is 0 Å². The highest BCUT2D eigenvalue weighted by Crippen LogP contribution is 2.26. The fraction of sp³-hybridized carbons (Fsp3) is 0.0714. The SMILES string of the molecule is NC(c1ccco1)c1cccc2cnccc12. The van der Waals surface area contributed by atoms with Crippen molar-refractivity contribution in [3.63, 3.8) is 0 Å². The zero-order chi connectivity index (χ0) is 11.7. The van der Waals surface area contributed by atoms with Crippen molar-refractivity contribution in [1.82, 2.24) is 4.98 Å². The van der Waals surface area contributed by atoms with Crippen LogP contribution in [0.5, 0.6) is 0 Å². The molecule has 0 radical (unpaired) electrons. The minimum atomic E-state index is -0.240. The molecule has 0 aliphatic heterocycles. The topological polar surface area (TPSA) is 52.0 Å². The predicted molar refractivity (Wildman–Crippen MR) is 66.5 cm³/mol. The summed E-state index contributed by atoms with van der Waals surface area (Å²) in [5.41, 5.74) is 7.27. The molecule has 0 amide bonds. The molecule has 1 atom stereocenters. The molecule has 0 fully saturated rings. The van der Waals surface area contributed by atoms with Gasteiger partial charge in [-0.3, -0.25) is 4.98 Å². The van der Waals surface area contributed by atoms with E-state index in [4.69, 9.17) is 10.2 Å². The summed E-state index contributed by atoms with van der Waals surface area (Å²) in [4.78, 5) is 4.11. The fourth-order valence-corrected chi connectivity index (χ4v) is 2.04. The highest BCUT2D eigenvalue weighted by Gasteiger charge is 2.13. The number of hydrogen-bond donors (Lipinski definition) is 1. The van der Waals surface area contributed by atoms with Gasteiger partial charge in [-0.05, 0) is 29.1 Å². The van der Waals surface area contributed by atoms with Crippen LogP contribution in [0.25, 0.3) is 10.8 Å². The maximum atomic E-state index is 6.21. The van der Waals surface area contributed by atoms with Crippen molar-refractivity contribution in [2.75, 3.05) is 0 Å². The zero-order valence-corrected chi connectivity index (χ0v) is 9.21. The Morgan fingerprint density at radius 2 is 2.06 bits per heavy atom. The van der Waals surface area contributed by atoms with Crippen molar-refractivity contribution < 1.29 is 4.42 Å². The first-order chi connectivity index (χ1) is 8.36. The van der Waals surface area contributed by atoms with Gasteiger partial charge in [-0.1, -0.05) is 18.2 Å². The van der Waals surface area contributed by atoms with E-state index in [1.807, 2.05) is 42.6 Å². The molecule has 1 aromatic carbocycles. The number of furan rings is 1. The Hall–Kier alpha value is -2.13. The summed E-state index contributed by atoms with van der Waals surface area (Å²) in [6.07, 6.45) is 5.26. The second-order valence-electron chi connectivity index (χ2n) is 3.94. The standard InChI is InChI=1S/C14H12N2O/c15-14(13-5-2-8-17-13)12-4-1-3-10-9-16-7-6-11(10)12/h1-9,14H,15H2. The van der Waals surface area contributed by atoms with Crippen LogP contribution in [0.3, 0.4) is 0 Å². The molecule has 17 heavy (non-hydrogen) atoms. The average molecular weight is 224 g/mol. The highest BCUT2D eigenvalue weighted by molar-refractivity contribution is 5.85. The molecule has 0 saturated heterocycles. The van der Waals surface area contributed by atoms with Gasteiger partial charge in [-0.2, -0.15) is 0 Å². The quantitative estimate of drug-likeness (QED) is 0.728. The first-order valence-corrected chi connectivity index (χ1v) is 5.48. The van der Waals surface area contributed by atoms with Crippen LogP contribution in [-0.4, -0.2) is 4.98 Å². The Bertz CT molecular complexity index is 626. The van der Waals surface area contributed by atoms with E-state index in [-0.39, 0.29) is 6.04 Å². The molecule has 3 aromatic rings. The second-order valence-corrected chi connectivity index (χ2v) is 3.94. The number of fused-ring (bicyclic) bond motifs is 1. The number of hydrogen-bond acceptors (Lipinski definition) is 3. The lowest BCUT2D eigenvalue weighted by Crippen LogP contribution is -2.11. The van der Waals surface area contributed by atoms with Crippen LogP contribution in [0.1, 0.15) is 17.4 Å². The van der Waals surface area contributed by atoms with Crippen molar-refractivity contribution in [2.24, 2.45) is 5.73 Å². The van der Waals surface area contributed by atoms with Crippen LogP contribution < -0.4 is 5.73 Å². The van der Waals surface area contributed by atoms with Crippen LogP contribution in [0, 0.1) is 0 Å². The maximum Gasteiger partial charge on any atom is 0.125 e. The van der Waals surface area contributed by atoms with Gasteiger partial charge >= 0.3 is 0 Å². The molecule has 0 aliphatic carbocycles. The third kappa shape index (κ3) is 1.70. The average Bonchev–Trinajstić information content (AvgIpc) is 2.91. The third-order valence-corrected chi connectivity index (χ3v) is 2.90. The smallest absolute Gasteiger partial charge is 0.125 e. The van der Waals surface area contributed by atoms with Gasteiger partial charge in [0.2, 0.25) is 0 Å². The minimum absolute atomic E-state index is 0.240. The van der Waals surface area contributed by atoms with Crippen LogP contribution >= 0.6 is 0 Å². The van der Waals surface area contributed by atoms with E-state index in [0.29, 0.717) is 0 Å². The molecular formula is C14H12N2O. The summed E-state index contributed by atoms with van der Waals surface area (Å²) in [6, 6.07) is 11.5. The van der Waals surface area contributed by atoms with Crippen molar-refractivity contribution in [3.05, 3.63) is 66.4 Å². The van der Waals surface area contributed by atoms with Gasteiger partial charge in [-0.25, -0.2) is 0 Å². The predicted octanol–water partition coefficient (Wildman–Crippen LogP) is 2.88. The lowest BCUT2D eigenvalue weighted by Gasteiger charge is -2.12. The number of pyridine rings is 1. The molecule has 1 unspecified atom stereocenters. The molecule has 0 spiro atoms. The monoisotopic (exact) mass is 224 g/mol. The van der Waals surface area contributed by atoms with Crippen LogP contribution in [0.2, 0.25) is 0 Å².